The summed E-state index contributed by atoms with van der Waals surface area (Å²) in [5, 5.41) is 18.2. The van der Waals surface area contributed by atoms with Gasteiger partial charge in [0.15, 0.2) is 0 Å². The Hall–Kier alpha value is -2.01. The average molecular weight is 238 g/mol. The molecule has 2 aromatic rings. The number of nitrogens with zero attached hydrogens (tertiary/aromatic N) is 1. The first-order valence-electron chi connectivity index (χ1n) is 4.46. The molecule has 6 heteroatoms. The van der Waals surface area contributed by atoms with Crippen LogP contribution in [-0.2, 0) is 0 Å². The fraction of sp³-hybridized carbons (Fsp3) is 0. The van der Waals surface area contributed by atoms with E-state index in [0.717, 1.165) is 0 Å². The highest BCUT2D eigenvalue weighted by atomic mass is 35.5. The van der Waals surface area contributed by atoms with Gasteiger partial charge in [0.2, 0.25) is 0 Å². The zero-order valence-electron chi connectivity index (χ0n) is 8.07. The van der Waals surface area contributed by atoms with E-state index in [-0.39, 0.29) is 16.7 Å². The van der Waals surface area contributed by atoms with E-state index in [0.29, 0.717) is 11.4 Å². The lowest BCUT2D eigenvalue weighted by Crippen LogP contribution is -2.11. The fourth-order valence-electron chi connectivity index (χ4n) is 1.17. The number of amides is 1. The molecule has 1 heterocycles. The molecule has 0 aliphatic carbocycles. The summed E-state index contributed by atoms with van der Waals surface area (Å²) in [5.41, 5.74) is 0.359. The minimum Gasteiger partial charge on any atom is -0.506 e. The van der Waals surface area contributed by atoms with Crippen LogP contribution >= 0.6 is 11.6 Å². The molecule has 82 valence electrons. The molecular weight excluding hydrogens is 230 g/mol. The molecule has 16 heavy (non-hydrogen) atoms. The Balaban J connectivity index is 2.18. The van der Waals surface area contributed by atoms with Crippen molar-refractivity contribution in [2.24, 2.45) is 0 Å². The summed E-state index contributed by atoms with van der Waals surface area (Å²) in [4.78, 5) is 11.7. The van der Waals surface area contributed by atoms with Crippen molar-refractivity contribution in [2.45, 2.75) is 0 Å². The summed E-state index contributed by atoms with van der Waals surface area (Å²) in [6, 6.07) is 5.86. The van der Waals surface area contributed by atoms with Crippen molar-refractivity contribution in [2.75, 3.05) is 5.32 Å². The number of rotatable bonds is 2. The second kappa shape index (κ2) is 4.24. The standard InChI is InChI=1S/C10H8ClN3O2/c11-7-5-6(1-2-8(7)15)10(16)13-9-3-4-12-14-9/h1-5,15H,(H2,12,13,14,16). The van der Waals surface area contributed by atoms with Gasteiger partial charge in [-0.05, 0) is 18.2 Å². The number of halogens is 1. The van der Waals surface area contributed by atoms with E-state index in [1.807, 2.05) is 0 Å². The lowest BCUT2D eigenvalue weighted by Gasteiger charge is -2.03. The molecule has 1 aromatic heterocycles. The highest BCUT2D eigenvalue weighted by molar-refractivity contribution is 6.32. The molecule has 5 nitrogen and oxygen atoms in total. The Morgan fingerprint density at radius 2 is 2.25 bits per heavy atom. The predicted octanol–water partition coefficient (Wildman–Crippen LogP) is 2.02. The lowest BCUT2D eigenvalue weighted by molar-refractivity contribution is 0.102. The summed E-state index contributed by atoms with van der Waals surface area (Å²) in [7, 11) is 0. The summed E-state index contributed by atoms with van der Waals surface area (Å²) in [6.45, 7) is 0. The third-order valence-corrected chi connectivity index (χ3v) is 2.26. The maximum Gasteiger partial charge on any atom is 0.256 e. The number of aromatic amines is 1. The molecule has 2 rings (SSSR count). The number of H-pyrrole nitrogens is 1. The number of hydrogen-bond donors (Lipinski definition) is 3. The number of phenols is 1. The number of carbonyl (C=O) groups excluding carboxylic acids is 1. The maximum absolute atomic E-state index is 11.7. The molecule has 1 aromatic carbocycles. The molecule has 0 atom stereocenters. The minimum absolute atomic E-state index is 0.0558. The van der Waals surface area contributed by atoms with Crippen molar-refractivity contribution in [3.63, 3.8) is 0 Å². The van der Waals surface area contributed by atoms with Crippen LogP contribution in [0.15, 0.2) is 30.5 Å². The van der Waals surface area contributed by atoms with E-state index in [1.165, 1.54) is 24.4 Å². The SMILES string of the molecule is O=C(Nc1ccn[nH]1)c1ccc(O)c(Cl)c1. The van der Waals surface area contributed by atoms with E-state index < -0.39 is 0 Å². The Morgan fingerprint density at radius 1 is 1.44 bits per heavy atom. The lowest BCUT2D eigenvalue weighted by atomic mass is 10.2. The number of anilines is 1. The molecule has 3 N–H and O–H groups in total. The Kier molecular flexibility index (Phi) is 2.78. The van der Waals surface area contributed by atoms with E-state index in [4.69, 9.17) is 11.6 Å². The predicted molar refractivity (Wildman–Crippen MR) is 59.7 cm³/mol. The number of carbonyl (C=O) groups is 1. The molecule has 0 spiro atoms. The van der Waals surface area contributed by atoms with Crippen molar-refractivity contribution >= 4 is 23.3 Å². The van der Waals surface area contributed by atoms with Gasteiger partial charge in [-0.3, -0.25) is 9.89 Å². The first-order chi connectivity index (χ1) is 7.66. The van der Waals surface area contributed by atoms with Gasteiger partial charge in [-0.2, -0.15) is 5.10 Å². The van der Waals surface area contributed by atoms with Gasteiger partial charge in [-0.25, -0.2) is 0 Å². The van der Waals surface area contributed by atoms with Gasteiger partial charge in [-0.15, -0.1) is 0 Å². The molecular formula is C10H8ClN3O2. The topological polar surface area (TPSA) is 78.0 Å². The Labute approximate surface area is 96.1 Å². The zero-order valence-corrected chi connectivity index (χ0v) is 8.82. The highest BCUT2D eigenvalue weighted by Crippen LogP contribution is 2.23. The summed E-state index contributed by atoms with van der Waals surface area (Å²) in [5.74, 6) is 0.111. The number of nitrogens with one attached hydrogen (secondary N) is 2. The largest absolute Gasteiger partial charge is 0.506 e. The van der Waals surface area contributed by atoms with E-state index >= 15 is 0 Å². The molecule has 0 unspecified atom stereocenters. The van der Waals surface area contributed by atoms with Crippen molar-refractivity contribution in [3.8, 4) is 5.75 Å². The van der Waals surface area contributed by atoms with Gasteiger partial charge < -0.3 is 10.4 Å². The number of aromatic hydroxyl groups is 1. The molecule has 0 saturated carbocycles. The normalized spacial score (nSPS) is 10.1. The van der Waals surface area contributed by atoms with Gasteiger partial charge in [0.1, 0.15) is 11.6 Å². The van der Waals surface area contributed by atoms with Crippen LogP contribution in [0.2, 0.25) is 5.02 Å². The second-order valence-electron chi connectivity index (χ2n) is 3.09. The van der Waals surface area contributed by atoms with Crippen molar-refractivity contribution in [1.29, 1.82) is 0 Å². The van der Waals surface area contributed by atoms with Crippen LogP contribution in [-0.4, -0.2) is 21.2 Å². The molecule has 0 saturated heterocycles. The van der Waals surface area contributed by atoms with Crippen molar-refractivity contribution in [1.82, 2.24) is 10.2 Å². The first-order valence-corrected chi connectivity index (χ1v) is 4.84. The Morgan fingerprint density at radius 3 is 2.88 bits per heavy atom. The third kappa shape index (κ3) is 2.14. The van der Waals surface area contributed by atoms with Gasteiger partial charge in [0.05, 0.1) is 11.2 Å². The summed E-state index contributed by atoms with van der Waals surface area (Å²) in [6.07, 6.45) is 1.53. The fourth-order valence-corrected chi connectivity index (χ4v) is 1.35. The number of aromatic nitrogens is 2. The summed E-state index contributed by atoms with van der Waals surface area (Å²) < 4.78 is 0. The smallest absolute Gasteiger partial charge is 0.256 e. The number of phenolic OH excluding ortho intramolecular Hbond substituents is 1. The Bertz CT molecular complexity index is 511. The van der Waals surface area contributed by atoms with Gasteiger partial charge in [0, 0.05) is 11.6 Å². The van der Waals surface area contributed by atoms with Gasteiger partial charge in [0.25, 0.3) is 5.91 Å². The van der Waals surface area contributed by atoms with Crippen LogP contribution in [0.3, 0.4) is 0 Å². The highest BCUT2D eigenvalue weighted by Gasteiger charge is 2.08. The van der Waals surface area contributed by atoms with Gasteiger partial charge in [-0.1, -0.05) is 11.6 Å². The molecule has 0 radical (unpaired) electrons. The van der Waals surface area contributed by atoms with E-state index in [1.54, 1.807) is 6.07 Å². The monoisotopic (exact) mass is 237 g/mol. The van der Waals surface area contributed by atoms with Crippen molar-refractivity contribution in [3.05, 3.63) is 41.0 Å². The van der Waals surface area contributed by atoms with Crippen LogP contribution in [0.25, 0.3) is 0 Å². The van der Waals surface area contributed by atoms with E-state index in [9.17, 15) is 9.90 Å². The summed E-state index contributed by atoms with van der Waals surface area (Å²) >= 11 is 5.69. The van der Waals surface area contributed by atoms with Gasteiger partial charge >= 0.3 is 0 Å². The second-order valence-corrected chi connectivity index (χ2v) is 3.50. The quantitative estimate of drug-likeness (QED) is 0.748. The first kappa shape index (κ1) is 10.5. The molecule has 0 bridgehead atoms. The average Bonchev–Trinajstić information content (AvgIpc) is 2.74. The maximum atomic E-state index is 11.7. The molecule has 0 aliphatic heterocycles. The minimum atomic E-state index is -0.328. The van der Waals surface area contributed by atoms with Crippen molar-refractivity contribution < 1.29 is 9.90 Å². The molecule has 1 amide bonds. The van der Waals surface area contributed by atoms with Crippen LogP contribution in [0.1, 0.15) is 10.4 Å². The zero-order chi connectivity index (χ0) is 11.5. The van der Waals surface area contributed by atoms with Crippen LogP contribution in [0.4, 0.5) is 5.82 Å². The van der Waals surface area contributed by atoms with E-state index in [2.05, 4.69) is 15.5 Å². The van der Waals surface area contributed by atoms with Crippen LogP contribution < -0.4 is 5.32 Å². The van der Waals surface area contributed by atoms with Crippen LogP contribution in [0, 0.1) is 0 Å². The number of benzene rings is 1. The van der Waals surface area contributed by atoms with Crippen LogP contribution in [0.5, 0.6) is 5.75 Å². The third-order valence-electron chi connectivity index (χ3n) is 1.96. The molecule has 0 aliphatic rings. The number of hydrogen-bond acceptors (Lipinski definition) is 3. The molecule has 0 fully saturated rings.